The highest BCUT2D eigenvalue weighted by Gasteiger charge is 2.29. The topological polar surface area (TPSA) is 220 Å². The summed E-state index contributed by atoms with van der Waals surface area (Å²) in [6.07, 6.45) is 2.95. The van der Waals surface area contributed by atoms with E-state index < -0.39 is 60.2 Å². The molecule has 31 heavy (non-hydrogen) atoms. The zero-order chi connectivity index (χ0) is 24.0. The van der Waals surface area contributed by atoms with Crippen LogP contribution in [0.4, 0.5) is 0 Å². The van der Waals surface area contributed by atoms with Crippen molar-refractivity contribution in [3.05, 3.63) is 0 Å². The van der Waals surface area contributed by atoms with Crippen LogP contribution >= 0.6 is 11.8 Å². The van der Waals surface area contributed by atoms with Gasteiger partial charge in [0, 0.05) is 0 Å². The zero-order valence-corrected chi connectivity index (χ0v) is 18.7. The second-order valence-corrected chi connectivity index (χ2v) is 8.02. The van der Waals surface area contributed by atoms with Crippen LogP contribution < -0.4 is 33.2 Å². The number of primary amides is 1. The highest BCUT2D eigenvalue weighted by molar-refractivity contribution is 7.98. The second-order valence-electron chi connectivity index (χ2n) is 7.03. The molecular weight excluding hydrogens is 428 g/mol. The van der Waals surface area contributed by atoms with Gasteiger partial charge in [-0.2, -0.15) is 11.8 Å². The quantitative estimate of drug-likeness (QED) is 0.122. The molecule has 0 aliphatic rings. The molecule has 0 aliphatic heterocycles. The Kier molecular flexibility index (Phi) is 14.2. The molecule has 0 spiro atoms. The van der Waals surface area contributed by atoms with E-state index in [1.165, 1.54) is 18.7 Å². The first-order valence-electron chi connectivity index (χ1n) is 9.90. The lowest BCUT2D eigenvalue weighted by Gasteiger charge is -2.23. The summed E-state index contributed by atoms with van der Waals surface area (Å²) in [5.74, 6) is -3.60. The van der Waals surface area contributed by atoms with Crippen LogP contribution in [0.2, 0.25) is 0 Å². The molecule has 0 heterocycles. The lowest BCUT2D eigenvalue weighted by atomic mass is 10.1. The fourth-order valence-corrected chi connectivity index (χ4v) is 2.98. The molecule has 10 N–H and O–H groups in total. The monoisotopic (exact) mass is 462 g/mol. The summed E-state index contributed by atoms with van der Waals surface area (Å²) in [4.78, 5) is 59.7. The molecule has 0 saturated heterocycles. The fourth-order valence-electron chi connectivity index (χ4n) is 2.49. The van der Waals surface area contributed by atoms with E-state index in [4.69, 9.17) is 17.2 Å². The third-order valence-electron chi connectivity index (χ3n) is 4.32. The molecule has 4 atom stereocenters. The van der Waals surface area contributed by atoms with Gasteiger partial charge >= 0.3 is 5.97 Å². The minimum Gasteiger partial charge on any atom is -0.480 e. The number of amides is 4. The van der Waals surface area contributed by atoms with Gasteiger partial charge in [-0.1, -0.05) is 0 Å². The van der Waals surface area contributed by atoms with Crippen molar-refractivity contribution in [1.82, 2.24) is 16.0 Å². The summed E-state index contributed by atoms with van der Waals surface area (Å²) in [5, 5.41) is 16.3. The van der Waals surface area contributed by atoms with E-state index in [0.717, 1.165) is 0 Å². The molecule has 0 saturated carbocycles. The number of carbonyl (C=O) groups is 5. The summed E-state index contributed by atoms with van der Waals surface area (Å²) in [7, 11) is 0. The van der Waals surface area contributed by atoms with Gasteiger partial charge in [0.15, 0.2) is 0 Å². The average molecular weight is 463 g/mol. The predicted octanol–water partition coefficient (Wildman–Crippen LogP) is -2.37. The highest BCUT2D eigenvalue weighted by Crippen LogP contribution is 2.03. The van der Waals surface area contributed by atoms with E-state index in [9.17, 15) is 29.1 Å². The molecule has 0 fully saturated rings. The molecule has 0 aromatic rings. The van der Waals surface area contributed by atoms with E-state index in [1.807, 2.05) is 6.26 Å². The Morgan fingerprint density at radius 2 is 1.55 bits per heavy atom. The first-order chi connectivity index (χ1) is 14.5. The Morgan fingerprint density at radius 3 is 2.06 bits per heavy atom. The number of hydrogen-bond acceptors (Lipinski definition) is 8. The van der Waals surface area contributed by atoms with E-state index in [2.05, 4.69) is 16.0 Å². The standard InChI is InChI=1S/C18H34N6O6S/c1-10(22-16(27)11(20)6-8-31-2)15(26)24-13(9-14(21)25)17(28)23-12(18(29)30)5-3-4-7-19/h10-13H,3-9,19-20H2,1-2H3,(H2,21,25)(H,22,27)(H,23,28)(H,24,26)(H,29,30). The maximum absolute atomic E-state index is 12.5. The molecule has 0 aliphatic carbocycles. The average Bonchev–Trinajstić information content (AvgIpc) is 2.69. The number of unbranched alkanes of at least 4 members (excludes halogenated alkanes) is 1. The van der Waals surface area contributed by atoms with Gasteiger partial charge in [0.2, 0.25) is 23.6 Å². The van der Waals surface area contributed by atoms with Gasteiger partial charge in [-0.15, -0.1) is 0 Å². The minimum atomic E-state index is -1.40. The lowest BCUT2D eigenvalue weighted by molar-refractivity contribution is -0.142. The number of rotatable bonds is 16. The van der Waals surface area contributed by atoms with Gasteiger partial charge in [-0.3, -0.25) is 19.2 Å². The molecule has 0 aromatic heterocycles. The molecule has 4 unspecified atom stereocenters. The number of nitrogens with one attached hydrogen (secondary N) is 3. The molecule has 0 aromatic carbocycles. The Labute approximate surface area is 185 Å². The molecular formula is C18H34N6O6S. The number of carbonyl (C=O) groups excluding carboxylic acids is 4. The van der Waals surface area contributed by atoms with Gasteiger partial charge in [-0.05, 0) is 51.2 Å². The maximum atomic E-state index is 12.5. The summed E-state index contributed by atoms with van der Waals surface area (Å²) in [6.45, 7) is 1.77. The van der Waals surface area contributed by atoms with Crippen LogP contribution in [0.15, 0.2) is 0 Å². The van der Waals surface area contributed by atoms with Crippen molar-refractivity contribution in [1.29, 1.82) is 0 Å². The lowest BCUT2D eigenvalue weighted by Crippen LogP contribution is -2.57. The number of hydrogen-bond donors (Lipinski definition) is 7. The van der Waals surface area contributed by atoms with Crippen molar-refractivity contribution < 1.29 is 29.1 Å². The number of carboxylic acid groups (broad SMARTS) is 1. The van der Waals surface area contributed by atoms with Crippen LogP contribution in [0, 0.1) is 0 Å². The van der Waals surface area contributed by atoms with Crippen molar-refractivity contribution >= 4 is 41.4 Å². The van der Waals surface area contributed by atoms with Gasteiger partial charge in [0.05, 0.1) is 12.5 Å². The van der Waals surface area contributed by atoms with Crippen LogP contribution in [0.25, 0.3) is 0 Å². The number of thioether (sulfide) groups is 1. The molecule has 4 amide bonds. The van der Waals surface area contributed by atoms with Crippen molar-refractivity contribution in [2.75, 3.05) is 18.6 Å². The van der Waals surface area contributed by atoms with Crippen molar-refractivity contribution in [3.63, 3.8) is 0 Å². The van der Waals surface area contributed by atoms with Gasteiger partial charge < -0.3 is 38.3 Å². The Balaban J connectivity index is 5.03. The number of aliphatic carboxylic acids is 1. The summed E-state index contributed by atoms with van der Waals surface area (Å²) < 4.78 is 0. The molecule has 0 radical (unpaired) electrons. The Morgan fingerprint density at radius 1 is 0.935 bits per heavy atom. The van der Waals surface area contributed by atoms with Crippen molar-refractivity contribution in [2.24, 2.45) is 17.2 Å². The van der Waals surface area contributed by atoms with Gasteiger partial charge in [0.1, 0.15) is 18.1 Å². The summed E-state index contributed by atoms with van der Waals surface area (Å²) >= 11 is 1.53. The van der Waals surface area contributed by atoms with Crippen molar-refractivity contribution in [3.8, 4) is 0 Å². The first kappa shape index (κ1) is 28.6. The van der Waals surface area contributed by atoms with Gasteiger partial charge in [-0.25, -0.2) is 4.79 Å². The largest absolute Gasteiger partial charge is 0.480 e. The predicted molar refractivity (Wildman–Crippen MR) is 117 cm³/mol. The van der Waals surface area contributed by atoms with Crippen LogP contribution in [-0.4, -0.2) is 77.4 Å². The Bertz CT molecular complexity index is 635. The second kappa shape index (κ2) is 15.4. The summed E-state index contributed by atoms with van der Waals surface area (Å²) in [5.41, 5.74) is 16.3. The summed E-state index contributed by atoms with van der Waals surface area (Å²) in [6, 6.07) is -4.45. The minimum absolute atomic E-state index is 0.135. The zero-order valence-electron chi connectivity index (χ0n) is 17.9. The van der Waals surface area contributed by atoms with Crippen LogP contribution in [0.3, 0.4) is 0 Å². The SMILES string of the molecule is CSCCC(N)C(=O)NC(C)C(=O)NC(CC(N)=O)C(=O)NC(CCCCN)C(=O)O. The highest BCUT2D eigenvalue weighted by atomic mass is 32.2. The van der Waals surface area contributed by atoms with Crippen molar-refractivity contribution in [2.45, 2.75) is 63.2 Å². The number of carboxylic acids is 1. The molecule has 178 valence electrons. The number of nitrogens with two attached hydrogens (primary N) is 3. The van der Waals surface area contributed by atoms with Crippen LogP contribution in [0.5, 0.6) is 0 Å². The third-order valence-corrected chi connectivity index (χ3v) is 4.97. The van der Waals surface area contributed by atoms with Gasteiger partial charge in [0.25, 0.3) is 0 Å². The normalized spacial score (nSPS) is 14.6. The van der Waals surface area contributed by atoms with Crippen LogP contribution in [0.1, 0.15) is 39.0 Å². The molecule has 0 rings (SSSR count). The maximum Gasteiger partial charge on any atom is 0.326 e. The smallest absolute Gasteiger partial charge is 0.326 e. The molecule has 0 bridgehead atoms. The molecule has 13 heteroatoms. The van der Waals surface area contributed by atoms with E-state index in [-0.39, 0.29) is 6.42 Å². The first-order valence-corrected chi connectivity index (χ1v) is 11.3. The third kappa shape index (κ3) is 12.2. The molecule has 12 nitrogen and oxygen atoms in total. The van der Waals surface area contributed by atoms with Crippen LogP contribution in [-0.2, 0) is 24.0 Å². The van der Waals surface area contributed by atoms with E-state index in [0.29, 0.717) is 31.6 Å². The Hall–Kier alpha value is -2.38. The van der Waals surface area contributed by atoms with E-state index >= 15 is 0 Å². The van der Waals surface area contributed by atoms with E-state index in [1.54, 1.807) is 0 Å². The fraction of sp³-hybridized carbons (Fsp3) is 0.722.